The van der Waals surface area contributed by atoms with Crippen molar-refractivity contribution in [1.29, 1.82) is 0 Å². The minimum absolute atomic E-state index is 0.836. The van der Waals surface area contributed by atoms with Crippen molar-refractivity contribution in [3.05, 3.63) is 24.7 Å². The Balaban J connectivity index is 3.33. The van der Waals surface area contributed by atoms with E-state index in [1.165, 1.54) is 103 Å². The lowest BCUT2D eigenvalue weighted by Gasteiger charge is -2.11. The van der Waals surface area contributed by atoms with E-state index >= 15 is 0 Å². The Morgan fingerprint density at radius 1 is 0.444 bits per heavy atom. The Morgan fingerprint density at radius 2 is 0.704 bits per heavy atom. The van der Waals surface area contributed by atoms with E-state index in [-0.39, 0.29) is 0 Å². The van der Waals surface area contributed by atoms with Crippen LogP contribution in [0.15, 0.2) is 24.7 Å². The molecule has 3 heteroatoms. The average Bonchev–Trinajstić information content (AvgIpc) is 2.65. The second-order valence-corrected chi connectivity index (χ2v) is 7.91. The second kappa shape index (κ2) is 21.5. The van der Waals surface area contributed by atoms with E-state index in [0.29, 0.717) is 0 Å². The van der Waals surface area contributed by atoms with Gasteiger partial charge in [0.1, 0.15) is 0 Å². The number of ether oxygens (including phenoxy) is 1. The Kier molecular flexibility index (Phi) is 20.9. The Morgan fingerprint density at radius 3 is 1.00 bits per heavy atom. The van der Waals surface area contributed by atoms with Crippen LogP contribution < -0.4 is 11.5 Å². The molecule has 0 amide bonds. The Hall–Kier alpha value is -0.800. The van der Waals surface area contributed by atoms with E-state index in [0.717, 1.165) is 37.4 Å². The number of allylic oxidation sites excluding steroid dienone is 2. The molecule has 0 aliphatic rings. The molecule has 27 heavy (non-hydrogen) atoms. The van der Waals surface area contributed by atoms with Crippen molar-refractivity contribution in [2.24, 2.45) is 11.5 Å². The molecule has 0 bridgehead atoms. The quantitative estimate of drug-likeness (QED) is 0.157. The van der Waals surface area contributed by atoms with Crippen molar-refractivity contribution < 1.29 is 4.74 Å². The fourth-order valence-electron chi connectivity index (χ4n) is 3.36. The van der Waals surface area contributed by atoms with Gasteiger partial charge < -0.3 is 16.2 Å². The molecule has 0 heterocycles. The number of rotatable bonds is 22. The fraction of sp³-hybridized carbons (Fsp3) is 0.833. The molecular formula is C24H48N2O. The van der Waals surface area contributed by atoms with E-state index < -0.39 is 0 Å². The topological polar surface area (TPSA) is 61.3 Å². The number of unbranched alkanes of at least 4 members (excludes halogenated alkanes) is 14. The van der Waals surface area contributed by atoms with Gasteiger partial charge in [0.15, 0.2) is 0 Å². The summed E-state index contributed by atoms with van der Waals surface area (Å²) in [4.78, 5) is 0. The number of nitrogens with two attached hydrogens (primary N) is 2. The molecule has 0 unspecified atom stereocenters. The van der Waals surface area contributed by atoms with E-state index in [9.17, 15) is 0 Å². The molecule has 160 valence electrons. The van der Waals surface area contributed by atoms with Crippen molar-refractivity contribution in [3.63, 3.8) is 0 Å². The third-order valence-electron chi connectivity index (χ3n) is 5.11. The highest BCUT2D eigenvalue weighted by molar-refractivity contribution is 4.93. The van der Waals surface area contributed by atoms with Crippen LogP contribution in [0.25, 0.3) is 0 Å². The molecule has 0 aromatic rings. The fourth-order valence-corrected chi connectivity index (χ4v) is 3.36. The molecule has 0 fully saturated rings. The van der Waals surface area contributed by atoms with E-state index in [2.05, 4.69) is 13.2 Å². The summed E-state index contributed by atoms with van der Waals surface area (Å²) in [6.45, 7) is 9.78. The van der Waals surface area contributed by atoms with Crippen LogP contribution in [0.1, 0.15) is 116 Å². The van der Waals surface area contributed by atoms with Crippen LogP contribution in [0, 0.1) is 0 Å². The predicted molar refractivity (Wildman–Crippen MR) is 121 cm³/mol. The average molecular weight is 381 g/mol. The Labute approximate surface area is 170 Å². The first kappa shape index (κ1) is 26.2. The lowest BCUT2D eigenvalue weighted by Crippen LogP contribution is -1.97. The van der Waals surface area contributed by atoms with E-state index in [1.54, 1.807) is 0 Å². The lowest BCUT2D eigenvalue weighted by atomic mass is 10.1. The van der Waals surface area contributed by atoms with Crippen molar-refractivity contribution in [1.82, 2.24) is 0 Å². The Bertz CT molecular complexity index is 309. The molecule has 0 rings (SSSR count). The van der Waals surface area contributed by atoms with Gasteiger partial charge >= 0.3 is 0 Å². The van der Waals surface area contributed by atoms with Gasteiger partial charge in [-0.2, -0.15) is 0 Å². The molecule has 0 atom stereocenters. The largest absolute Gasteiger partial charge is 0.467 e. The molecule has 0 aliphatic heterocycles. The highest BCUT2D eigenvalue weighted by atomic mass is 16.5. The summed E-state index contributed by atoms with van der Waals surface area (Å²) < 4.78 is 5.78. The van der Waals surface area contributed by atoms with Gasteiger partial charge in [-0.25, -0.2) is 0 Å². The summed E-state index contributed by atoms with van der Waals surface area (Å²) in [5.74, 6) is 1.78. The van der Waals surface area contributed by atoms with E-state index in [1.807, 2.05) is 0 Å². The van der Waals surface area contributed by atoms with Gasteiger partial charge in [-0.1, -0.05) is 90.2 Å². The van der Waals surface area contributed by atoms with Crippen molar-refractivity contribution in [3.8, 4) is 0 Å². The molecule has 3 nitrogen and oxygen atoms in total. The zero-order chi connectivity index (χ0) is 20.0. The van der Waals surface area contributed by atoms with Crippen molar-refractivity contribution in [2.75, 3.05) is 13.1 Å². The number of hydrogen-bond donors (Lipinski definition) is 2. The van der Waals surface area contributed by atoms with Gasteiger partial charge in [-0.05, 0) is 38.8 Å². The first-order valence-corrected chi connectivity index (χ1v) is 11.6. The van der Waals surface area contributed by atoms with Crippen LogP contribution in [0.5, 0.6) is 0 Å². The van der Waals surface area contributed by atoms with Crippen LogP contribution in [0.2, 0.25) is 0 Å². The first-order chi connectivity index (χ1) is 13.2. The third kappa shape index (κ3) is 21.4. The van der Waals surface area contributed by atoms with Gasteiger partial charge in [0.25, 0.3) is 0 Å². The molecule has 4 N–H and O–H groups in total. The highest BCUT2D eigenvalue weighted by Crippen LogP contribution is 2.18. The molecule has 0 spiro atoms. The summed E-state index contributed by atoms with van der Waals surface area (Å²) >= 11 is 0. The third-order valence-corrected chi connectivity index (χ3v) is 5.11. The molecule has 0 radical (unpaired) electrons. The zero-order valence-electron chi connectivity index (χ0n) is 18.1. The maximum absolute atomic E-state index is 5.78. The minimum Gasteiger partial charge on any atom is -0.467 e. The maximum Gasteiger partial charge on any atom is 0.0964 e. The van der Waals surface area contributed by atoms with E-state index in [4.69, 9.17) is 16.2 Å². The molecule has 0 aliphatic carbocycles. The van der Waals surface area contributed by atoms with Crippen LogP contribution in [0.4, 0.5) is 0 Å². The summed E-state index contributed by atoms with van der Waals surface area (Å²) in [5.41, 5.74) is 11.0. The first-order valence-electron chi connectivity index (χ1n) is 11.6. The standard InChI is InChI=1S/C24H48N2O/c1-23(19-15-11-7-3-5-9-13-17-21-25)27-24(2)20-16-12-8-4-6-10-14-18-22-26/h1-22,25-26H2. The van der Waals surface area contributed by atoms with Crippen LogP contribution in [0.3, 0.4) is 0 Å². The molecular weight excluding hydrogens is 332 g/mol. The monoisotopic (exact) mass is 380 g/mol. The lowest BCUT2D eigenvalue weighted by molar-refractivity contribution is 0.274. The van der Waals surface area contributed by atoms with Gasteiger partial charge in [-0.3, -0.25) is 0 Å². The van der Waals surface area contributed by atoms with Crippen molar-refractivity contribution >= 4 is 0 Å². The van der Waals surface area contributed by atoms with Gasteiger partial charge in [0.05, 0.1) is 11.5 Å². The van der Waals surface area contributed by atoms with Gasteiger partial charge in [-0.15, -0.1) is 0 Å². The SMILES string of the molecule is C=C(CCCCCCCCCCN)OC(=C)CCCCCCCCCCN. The highest BCUT2D eigenvalue weighted by Gasteiger charge is 2.01. The summed E-state index contributed by atoms with van der Waals surface area (Å²) in [6.07, 6.45) is 22.5. The smallest absolute Gasteiger partial charge is 0.0964 e. The molecule has 0 saturated heterocycles. The summed E-state index contributed by atoms with van der Waals surface area (Å²) in [7, 11) is 0. The normalized spacial score (nSPS) is 10.9. The van der Waals surface area contributed by atoms with Gasteiger partial charge in [0, 0.05) is 12.8 Å². The zero-order valence-corrected chi connectivity index (χ0v) is 18.1. The molecule has 0 aromatic heterocycles. The molecule has 0 saturated carbocycles. The van der Waals surface area contributed by atoms with Crippen LogP contribution in [-0.2, 0) is 4.74 Å². The predicted octanol–water partition coefficient (Wildman–Crippen LogP) is 6.97. The number of hydrogen-bond acceptors (Lipinski definition) is 3. The van der Waals surface area contributed by atoms with Gasteiger partial charge in [0.2, 0.25) is 0 Å². The minimum atomic E-state index is 0.836. The summed E-state index contributed by atoms with van der Waals surface area (Å²) in [5, 5.41) is 0. The van der Waals surface area contributed by atoms with Crippen LogP contribution in [-0.4, -0.2) is 13.1 Å². The molecule has 0 aromatic carbocycles. The maximum atomic E-state index is 5.78. The van der Waals surface area contributed by atoms with Crippen molar-refractivity contribution in [2.45, 2.75) is 116 Å². The summed E-state index contributed by atoms with van der Waals surface area (Å²) in [6, 6.07) is 0. The van der Waals surface area contributed by atoms with Crippen LogP contribution >= 0.6 is 0 Å². The second-order valence-electron chi connectivity index (χ2n) is 7.91.